The van der Waals surface area contributed by atoms with Gasteiger partial charge in [0.05, 0.1) is 26.4 Å². The highest BCUT2D eigenvalue weighted by Crippen LogP contribution is 2.45. The molecule has 0 aromatic heterocycles. The van der Waals surface area contributed by atoms with Gasteiger partial charge in [-0.05, 0) is 49.4 Å². The first-order chi connectivity index (χ1) is 42.6. The summed E-state index contributed by atoms with van der Waals surface area (Å²) in [6, 6.07) is 0. The van der Waals surface area contributed by atoms with Crippen LogP contribution in [0.25, 0.3) is 0 Å². The number of hydrogen-bond donors (Lipinski definition) is 3. The molecule has 0 radical (unpaired) electrons. The van der Waals surface area contributed by atoms with E-state index >= 15 is 0 Å². The number of ether oxygens (including phenoxy) is 4. The zero-order valence-electron chi connectivity index (χ0n) is 58.1. The maximum absolute atomic E-state index is 13.0. The third-order valence-electron chi connectivity index (χ3n) is 16.4. The number of phosphoric ester groups is 2. The summed E-state index contributed by atoms with van der Waals surface area (Å²) in [4.78, 5) is 72.5. The van der Waals surface area contributed by atoms with Crippen molar-refractivity contribution in [1.29, 1.82) is 0 Å². The van der Waals surface area contributed by atoms with Gasteiger partial charge in [0, 0.05) is 25.7 Å². The molecule has 0 aliphatic rings. The molecular weight excluding hydrogens is 1170 g/mol. The summed E-state index contributed by atoms with van der Waals surface area (Å²) in [6.07, 6.45) is 41.9. The zero-order chi connectivity index (χ0) is 66.1. The SMILES string of the molecule is CCC(C)CCCCCCCCCCC(=O)O[C@H](COC(=O)CCCCCCCCCC(C)C)COP(=O)(O)OCC(O)COP(=O)(O)OC[C@@H](COC(=O)CCCCCCCCC(C)C)OC(=O)CCCCCCCCCCCCCCCCCC(C)C. The first-order valence-electron chi connectivity index (χ1n) is 36.2. The van der Waals surface area contributed by atoms with E-state index in [1.54, 1.807) is 0 Å². The van der Waals surface area contributed by atoms with Crippen molar-refractivity contribution in [2.24, 2.45) is 23.7 Å². The minimum atomic E-state index is -4.95. The first-order valence-corrected chi connectivity index (χ1v) is 39.2. The van der Waals surface area contributed by atoms with Gasteiger partial charge in [0.15, 0.2) is 12.2 Å². The van der Waals surface area contributed by atoms with Gasteiger partial charge in [0.25, 0.3) is 0 Å². The lowest BCUT2D eigenvalue weighted by Crippen LogP contribution is -2.30. The lowest BCUT2D eigenvalue weighted by molar-refractivity contribution is -0.161. The van der Waals surface area contributed by atoms with E-state index < -0.39 is 97.5 Å². The van der Waals surface area contributed by atoms with E-state index in [2.05, 4.69) is 55.4 Å². The molecule has 3 N–H and O–H groups in total. The lowest BCUT2D eigenvalue weighted by Gasteiger charge is -2.21. The molecule has 0 aromatic carbocycles. The van der Waals surface area contributed by atoms with Crippen LogP contribution in [0.2, 0.25) is 0 Å². The molecule has 4 unspecified atom stereocenters. The monoisotopic (exact) mass is 1310 g/mol. The molecular formula is C70H136O17P2. The average Bonchev–Trinajstić information content (AvgIpc) is 3.70. The number of carbonyl (C=O) groups excluding carboxylic acids is 4. The Kier molecular flexibility index (Phi) is 58.5. The maximum atomic E-state index is 13.0. The largest absolute Gasteiger partial charge is 0.472 e. The molecule has 0 aromatic rings. The predicted molar refractivity (Wildman–Crippen MR) is 358 cm³/mol. The van der Waals surface area contributed by atoms with Crippen LogP contribution in [0.1, 0.15) is 344 Å². The van der Waals surface area contributed by atoms with Gasteiger partial charge in [-0.2, -0.15) is 0 Å². The summed E-state index contributed by atoms with van der Waals surface area (Å²) in [6.45, 7) is 14.0. The summed E-state index contributed by atoms with van der Waals surface area (Å²) in [5.41, 5.74) is 0. The zero-order valence-corrected chi connectivity index (χ0v) is 59.8. The molecule has 0 fully saturated rings. The molecule has 0 aliphatic heterocycles. The Morgan fingerprint density at radius 1 is 0.315 bits per heavy atom. The van der Waals surface area contributed by atoms with Crippen LogP contribution in [0.15, 0.2) is 0 Å². The van der Waals surface area contributed by atoms with E-state index in [1.807, 2.05) is 0 Å². The highest BCUT2D eigenvalue weighted by Gasteiger charge is 2.30. The van der Waals surface area contributed by atoms with Crippen LogP contribution in [-0.2, 0) is 65.4 Å². The molecule has 17 nitrogen and oxygen atoms in total. The van der Waals surface area contributed by atoms with Crippen LogP contribution in [-0.4, -0.2) is 96.7 Å². The Bertz CT molecular complexity index is 1770. The van der Waals surface area contributed by atoms with Gasteiger partial charge in [-0.3, -0.25) is 37.3 Å². The Labute approximate surface area is 543 Å². The number of aliphatic hydroxyl groups excluding tert-OH is 1. The highest BCUT2D eigenvalue weighted by atomic mass is 31.2. The maximum Gasteiger partial charge on any atom is 0.472 e. The van der Waals surface area contributed by atoms with Gasteiger partial charge in [-0.15, -0.1) is 0 Å². The molecule has 0 rings (SSSR count). The number of rotatable bonds is 67. The number of hydrogen-bond acceptors (Lipinski definition) is 15. The van der Waals surface area contributed by atoms with Crippen molar-refractivity contribution in [3.63, 3.8) is 0 Å². The summed E-state index contributed by atoms with van der Waals surface area (Å²) in [5.74, 6) is 0.823. The molecule has 19 heteroatoms. The van der Waals surface area contributed by atoms with E-state index in [9.17, 15) is 43.2 Å². The molecule has 6 atom stereocenters. The van der Waals surface area contributed by atoms with Gasteiger partial charge in [0.1, 0.15) is 19.3 Å². The van der Waals surface area contributed by atoms with Crippen molar-refractivity contribution in [1.82, 2.24) is 0 Å². The number of esters is 4. The fourth-order valence-corrected chi connectivity index (χ4v) is 12.0. The molecule has 0 aliphatic carbocycles. The second kappa shape index (κ2) is 59.8. The highest BCUT2D eigenvalue weighted by molar-refractivity contribution is 7.47. The van der Waals surface area contributed by atoms with Crippen LogP contribution in [0.4, 0.5) is 0 Å². The molecule has 0 saturated carbocycles. The van der Waals surface area contributed by atoms with Crippen LogP contribution in [0.3, 0.4) is 0 Å². The minimum absolute atomic E-state index is 0.104. The van der Waals surface area contributed by atoms with Crippen molar-refractivity contribution in [2.45, 2.75) is 363 Å². The Balaban J connectivity index is 5.21. The third kappa shape index (κ3) is 63.2. The Hall–Kier alpha value is -1.94. The van der Waals surface area contributed by atoms with Crippen LogP contribution in [0, 0.1) is 23.7 Å². The van der Waals surface area contributed by atoms with E-state index in [0.717, 1.165) is 115 Å². The minimum Gasteiger partial charge on any atom is -0.462 e. The van der Waals surface area contributed by atoms with E-state index in [-0.39, 0.29) is 25.7 Å². The summed E-state index contributed by atoms with van der Waals surface area (Å²) in [7, 11) is -9.90. The third-order valence-corrected chi connectivity index (χ3v) is 18.3. The normalized spacial score (nSPS) is 14.6. The van der Waals surface area contributed by atoms with Crippen molar-refractivity contribution in [3.05, 3.63) is 0 Å². The summed E-state index contributed by atoms with van der Waals surface area (Å²) < 4.78 is 68.2. The lowest BCUT2D eigenvalue weighted by atomic mass is 9.99. The van der Waals surface area contributed by atoms with Crippen LogP contribution < -0.4 is 0 Å². The van der Waals surface area contributed by atoms with Crippen molar-refractivity contribution in [2.75, 3.05) is 39.6 Å². The topological polar surface area (TPSA) is 237 Å². The van der Waals surface area contributed by atoms with Crippen molar-refractivity contribution < 1.29 is 80.2 Å². The number of phosphoric acid groups is 2. The standard InChI is InChI=1S/C70H136O17P2/c1-9-63(8)49-41-33-24-19-20-26-37-45-53-70(75)87-65(56-80-67(72)50-42-34-27-21-23-31-39-47-61(4)5)58-84-88(76,77)82-54-64(71)55-83-89(78,79)85-59-66(57-81-68(73)51-43-35-29-28-32-40-48-62(6)7)86-69(74)52-44-36-25-18-16-14-12-10-11-13-15-17-22-30-38-46-60(2)3/h60-66,71H,9-59H2,1-8H3,(H,76,77)(H,78,79)/t63?,64?,65-,66-/m1/s1. The second-order valence-corrected chi connectivity index (χ2v) is 29.8. The Morgan fingerprint density at radius 2 is 0.539 bits per heavy atom. The number of aliphatic hydroxyl groups is 1. The molecule has 0 bridgehead atoms. The molecule has 0 spiro atoms. The van der Waals surface area contributed by atoms with Gasteiger partial charge < -0.3 is 33.8 Å². The second-order valence-electron chi connectivity index (χ2n) is 26.9. The fourth-order valence-electron chi connectivity index (χ4n) is 10.5. The average molecular weight is 1310 g/mol. The number of carbonyl (C=O) groups is 4. The Morgan fingerprint density at radius 3 is 0.798 bits per heavy atom. The van der Waals surface area contributed by atoms with E-state index in [1.165, 1.54) is 135 Å². The van der Waals surface area contributed by atoms with Crippen LogP contribution in [0.5, 0.6) is 0 Å². The summed E-state index contributed by atoms with van der Waals surface area (Å²) >= 11 is 0. The van der Waals surface area contributed by atoms with Gasteiger partial charge in [0.2, 0.25) is 0 Å². The molecule has 0 amide bonds. The predicted octanol–water partition coefficient (Wildman–Crippen LogP) is 19.7. The molecule has 528 valence electrons. The van der Waals surface area contributed by atoms with Gasteiger partial charge in [-0.1, -0.05) is 293 Å². The van der Waals surface area contributed by atoms with Gasteiger partial charge >= 0.3 is 39.5 Å². The molecule has 89 heavy (non-hydrogen) atoms. The summed E-state index contributed by atoms with van der Waals surface area (Å²) in [5, 5.41) is 10.6. The first kappa shape index (κ1) is 87.1. The van der Waals surface area contributed by atoms with E-state index in [0.29, 0.717) is 37.5 Å². The molecule has 0 heterocycles. The smallest absolute Gasteiger partial charge is 0.462 e. The van der Waals surface area contributed by atoms with Crippen molar-refractivity contribution in [3.8, 4) is 0 Å². The number of unbranched alkanes of at least 4 members (excludes halogenated alkanes) is 32. The van der Waals surface area contributed by atoms with Gasteiger partial charge in [-0.25, -0.2) is 9.13 Å². The van der Waals surface area contributed by atoms with E-state index in [4.69, 9.17) is 37.0 Å². The fraction of sp³-hybridized carbons (Fsp3) is 0.943. The van der Waals surface area contributed by atoms with Crippen molar-refractivity contribution >= 4 is 39.5 Å². The van der Waals surface area contributed by atoms with Crippen LogP contribution >= 0.6 is 15.6 Å². The quantitative estimate of drug-likeness (QED) is 0.0222. The molecule has 0 saturated heterocycles.